The largest absolute Gasteiger partial charge is 0.497 e. The van der Waals surface area contributed by atoms with Crippen molar-refractivity contribution >= 4 is 5.91 Å². The van der Waals surface area contributed by atoms with Gasteiger partial charge in [0.2, 0.25) is 0 Å². The van der Waals surface area contributed by atoms with E-state index in [1.807, 2.05) is 41.3 Å². The van der Waals surface area contributed by atoms with Crippen molar-refractivity contribution in [1.29, 1.82) is 0 Å². The van der Waals surface area contributed by atoms with Crippen molar-refractivity contribution in [1.82, 2.24) is 9.80 Å². The highest BCUT2D eigenvalue weighted by molar-refractivity contribution is 5.94. The fourth-order valence-electron chi connectivity index (χ4n) is 3.31. The minimum atomic E-state index is 0.0464. The summed E-state index contributed by atoms with van der Waals surface area (Å²) in [6, 6.07) is 12.8. The summed E-state index contributed by atoms with van der Waals surface area (Å²) in [5.41, 5.74) is 0.662. The van der Waals surface area contributed by atoms with Gasteiger partial charge < -0.3 is 23.8 Å². The molecule has 0 saturated carbocycles. The van der Waals surface area contributed by atoms with Crippen molar-refractivity contribution in [2.75, 3.05) is 60.7 Å². The van der Waals surface area contributed by atoms with Crippen LogP contribution in [0.25, 0.3) is 0 Å². The molecule has 1 aliphatic rings. The maximum atomic E-state index is 12.7. The topological polar surface area (TPSA) is 60.5 Å². The molecule has 0 aromatic heterocycles. The summed E-state index contributed by atoms with van der Waals surface area (Å²) < 4.78 is 21.6. The zero-order chi connectivity index (χ0) is 20.6. The summed E-state index contributed by atoms with van der Waals surface area (Å²) in [6.45, 7) is 4.42. The van der Waals surface area contributed by atoms with E-state index in [4.69, 9.17) is 18.9 Å². The molecule has 29 heavy (non-hydrogen) atoms. The molecule has 0 N–H and O–H groups in total. The van der Waals surface area contributed by atoms with E-state index < -0.39 is 0 Å². The predicted octanol–water partition coefficient (Wildman–Crippen LogP) is 2.55. The molecule has 1 aliphatic heterocycles. The maximum Gasteiger partial charge on any atom is 0.254 e. The summed E-state index contributed by atoms with van der Waals surface area (Å²) in [6.07, 6.45) is 0. The van der Waals surface area contributed by atoms with Gasteiger partial charge in [-0.2, -0.15) is 0 Å². The van der Waals surface area contributed by atoms with Crippen molar-refractivity contribution in [2.24, 2.45) is 0 Å². The molecule has 7 nitrogen and oxygen atoms in total. The zero-order valence-corrected chi connectivity index (χ0v) is 17.2. The van der Waals surface area contributed by atoms with E-state index in [0.29, 0.717) is 42.5 Å². The molecule has 3 rings (SSSR count). The number of hydrogen-bond donors (Lipinski definition) is 0. The van der Waals surface area contributed by atoms with Crippen LogP contribution in [0.15, 0.2) is 42.5 Å². The molecule has 2 aromatic carbocycles. The van der Waals surface area contributed by atoms with Gasteiger partial charge in [0, 0.05) is 44.4 Å². The van der Waals surface area contributed by atoms with Crippen molar-refractivity contribution in [3.8, 4) is 23.0 Å². The van der Waals surface area contributed by atoms with E-state index in [1.54, 1.807) is 27.4 Å². The Morgan fingerprint density at radius 1 is 0.862 bits per heavy atom. The van der Waals surface area contributed by atoms with E-state index in [2.05, 4.69) is 4.90 Å². The first kappa shape index (κ1) is 20.8. The molecule has 0 aliphatic carbocycles. The molecule has 1 heterocycles. The average Bonchev–Trinajstić information content (AvgIpc) is 2.79. The Morgan fingerprint density at radius 2 is 1.62 bits per heavy atom. The fourth-order valence-corrected chi connectivity index (χ4v) is 3.31. The second-order valence-electron chi connectivity index (χ2n) is 6.73. The normalized spacial score (nSPS) is 14.4. The van der Waals surface area contributed by atoms with Crippen molar-refractivity contribution in [2.45, 2.75) is 0 Å². The van der Waals surface area contributed by atoms with Crippen LogP contribution < -0.4 is 18.9 Å². The minimum absolute atomic E-state index is 0.0464. The molecular weight excluding hydrogens is 372 g/mol. The van der Waals surface area contributed by atoms with E-state index >= 15 is 0 Å². The Balaban J connectivity index is 1.44. The molecule has 1 amide bonds. The first-order valence-corrected chi connectivity index (χ1v) is 9.65. The number of benzene rings is 2. The predicted molar refractivity (Wildman–Crippen MR) is 110 cm³/mol. The van der Waals surface area contributed by atoms with Gasteiger partial charge >= 0.3 is 0 Å². The Bertz CT molecular complexity index is 819. The van der Waals surface area contributed by atoms with Gasteiger partial charge in [0.25, 0.3) is 5.91 Å². The Hall–Kier alpha value is -2.93. The molecule has 0 bridgehead atoms. The van der Waals surface area contributed by atoms with E-state index in [0.717, 1.165) is 25.4 Å². The number of carbonyl (C=O) groups is 1. The zero-order valence-electron chi connectivity index (χ0n) is 17.2. The average molecular weight is 400 g/mol. The van der Waals surface area contributed by atoms with Crippen LogP contribution in [0.5, 0.6) is 23.0 Å². The molecule has 2 aromatic rings. The standard InChI is InChI=1S/C22H28N2O5/c1-26-18-6-4-5-17(15-18)22(25)24-11-9-23(10-12-24)13-14-29-19-7-8-20(27-2)21(16-19)28-3/h4-8,15-16H,9-14H2,1-3H3. The third kappa shape index (κ3) is 5.32. The minimum Gasteiger partial charge on any atom is -0.497 e. The van der Waals surface area contributed by atoms with Gasteiger partial charge in [-0.05, 0) is 30.3 Å². The first-order valence-electron chi connectivity index (χ1n) is 9.65. The number of methoxy groups -OCH3 is 3. The Kier molecular flexibility index (Phi) is 7.19. The van der Waals surface area contributed by atoms with Crippen LogP contribution in [0.2, 0.25) is 0 Å². The number of amides is 1. The molecular formula is C22H28N2O5. The highest BCUT2D eigenvalue weighted by Gasteiger charge is 2.22. The Labute approximate surface area is 171 Å². The lowest BCUT2D eigenvalue weighted by Crippen LogP contribution is -2.49. The maximum absolute atomic E-state index is 12.7. The van der Waals surface area contributed by atoms with Crippen LogP contribution in [-0.2, 0) is 0 Å². The van der Waals surface area contributed by atoms with Crippen molar-refractivity contribution in [3.63, 3.8) is 0 Å². The molecule has 0 radical (unpaired) electrons. The number of nitrogens with zero attached hydrogens (tertiary/aromatic N) is 2. The lowest BCUT2D eigenvalue weighted by atomic mass is 10.1. The molecule has 0 spiro atoms. The molecule has 0 unspecified atom stereocenters. The van der Waals surface area contributed by atoms with Crippen LogP contribution in [0.3, 0.4) is 0 Å². The number of piperazine rings is 1. The third-order valence-corrected chi connectivity index (χ3v) is 5.01. The van der Waals surface area contributed by atoms with E-state index in [-0.39, 0.29) is 5.91 Å². The summed E-state index contributed by atoms with van der Waals surface area (Å²) in [4.78, 5) is 16.9. The number of ether oxygens (including phenoxy) is 4. The van der Waals surface area contributed by atoms with Crippen LogP contribution in [-0.4, -0.2) is 76.4 Å². The van der Waals surface area contributed by atoms with E-state index in [9.17, 15) is 4.79 Å². The fraction of sp³-hybridized carbons (Fsp3) is 0.409. The molecule has 156 valence electrons. The van der Waals surface area contributed by atoms with Crippen molar-refractivity contribution < 1.29 is 23.7 Å². The van der Waals surface area contributed by atoms with Crippen LogP contribution in [0, 0.1) is 0 Å². The summed E-state index contributed by atoms with van der Waals surface area (Å²) in [7, 11) is 4.82. The van der Waals surface area contributed by atoms with Crippen molar-refractivity contribution in [3.05, 3.63) is 48.0 Å². The smallest absolute Gasteiger partial charge is 0.254 e. The quantitative estimate of drug-likeness (QED) is 0.679. The highest BCUT2D eigenvalue weighted by atomic mass is 16.5. The van der Waals surface area contributed by atoms with E-state index in [1.165, 1.54) is 0 Å². The van der Waals surface area contributed by atoms with Gasteiger partial charge in [-0.15, -0.1) is 0 Å². The summed E-state index contributed by atoms with van der Waals surface area (Å²) in [5.74, 6) is 2.81. The second-order valence-corrected chi connectivity index (χ2v) is 6.73. The molecule has 1 fully saturated rings. The lowest BCUT2D eigenvalue weighted by Gasteiger charge is -2.34. The Morgan fingerprint density at radius 3 is 2.31 bits per heavy atom. The van der Waals surface area contributed by atoms with Gasteiger partial charge in [-0.3, -0.25) is 9.69 Å². The monoisotopic (exact) mass is 400 g/mol. The van der Waals surface area contributed by atoms with Gasteiger partial charge in [0.05, 0.1) is 21.3 Å². The second kappa shape index (κ2) is 10.0. The molecule has 7 heteroatoms. The molecule has 0 atom stereocenters. The van der Waals surface area contributed by atoms with Crippen LogP contribution in [0.1, 0.15) is 10.4 Å². The van der Waals surface area contributed by atoms with Gasteiger partial charge in [-0.1, -0.05) is 6.07 Å². The van der Waals surface area contributed by atoms with Gasteiger partial charge in [0.1, 0.15) is 18.1 Å². The SMILES string of the molecule is COc1cccc(C(=O)N2CCN(CCOc3ccc(OC)c(OC)c3)CC2)c1. The van der Waals surface area contributed by atoms with Crippen LogP contribution in [0.4, 0.5) is 0 Å². The van der Waals surface area contributed by atoms with Gasteiger partial charge in [0.15, 0.2) is 11.5 Å². The number of carbonyl (C=O) groups excluding carboxylic acids is 1. The number of hydrogen-bond acceptors (Lipinski definition) is 6. The first-order chi connectivity index (χ1) is 14.1. The third-order valence-electron chi connectivity index (χ3n) is 5.01. The molecule has 1 saturated heterocycles. The number of rotatable bonds is 8. The van der Waals surface area contributed by atoms with Crippen LogP contribution >= 0.6 is 0 Å². The lowest BCUT2D eigenvalue weighted by molar-refractivity contribution is 0.0620. The van der Waals surface area contributed by atoms with Gasteiger partial charge in [-0.25, -0.2) is 0 Å². The summed E-state index contributed by atoms with van der Waals surface area (Å²) in [5, 5.41) is 0. The highest BCUT2D eigenvalue weighted by Crippen LogP contribution is 2.30. The summed E-state index contributed by atoms with van der Waals surface area (Å²) >= 11 is 0.